The SMILES string of the molecule is COc1ccc(OC)c(C(CN)N(C)C2CCCCC2)c1. The van der Waals surface area contributed by atoms with Gasteiger partial charge in [0, 0.05) is 18.2 Å². The third-order valence-electron chi connectivity index (χ3n) is 4.66. The molecule has 0 spiro atoms. The van der Waals surface area contributed by atoms with Crippen molar-refractivity contribution >= 4 is 0 Å². The molecule has 1 saturated carbocycles. The van der Waals surface area contributed by atoms with Gasteiger partial charge in [0.25, 0.3) is 0 Å². The Labute approximate surface area is 128 Å². The van der Waals surface area contributed by atoms with Crippen LogP contribution in [0.5, 0.6) is 11.5 Å². The van der Waals surface area contributed by atoms with Crippen LogP contribution >= 0.6 is 0 Å². The second kappa shape index (κ2) is 7.66. The number of rotatable bonds is 6. The first-order valence-electron chi connectivity index (χ1n) is 7.85. The van der Waals surface area contributed by atoms with Crippen LogP contribution in [-0.4, -0.2) is 38.8 Å². The molecule has 1 aliphatic carbocycles. The minimum atomic E-state index is 0.165. The van der Waals surface area contributed by atoms with Crippen LogP contribution < -0.4 is 15.2 Å². The van der Waals surface area contributed by atoms with E-state index in [0.717, 1.165) is 17.1 Å². The Hall–Kier alpha value is -1.26. The highest BCUT2D eigenvalue weighted by molar-refractivity contribution is 5.42. The van der Waals surface area contributed by atoms with Crippen LogP contribution in [0.3, 0.4) is 0 Å². The van der Waals surface area contributed by atoms with Crippen LogP contribution in [0, 0.1) is 0 Å². The van der Waals surface area contributed by atoms with Gasteiger partial charge in [-0.05, 0) is 38.1 Å². The molecule has 1 aromatic rings. The Morgan fingerprint density at radius 1 is 1.19 bits per heavy atom. The summed E-state index contributed by atoms with van der Waals surface area (Å²) in [5, 5.41) is 0. The molecule has 0 aliphatic heterocycles. The summed E-state index contributed by atoms with van der Waals surface area (Å²) in [7, 11) is 5.58. The van der Waals surface area contributed by atoms with E-state index in [4.69, 9.17) is 15.2 Å². The van der Waals surface area contributed by atoms with E-state index in [-0.39, 0.29) is 6.04 Å². The monoisotopic (exact) mass is 292 g/mol. The first-order chi connectivity index (χ1) is 10.2. The van der Waals surface area contributed by atoms with Crippen molar-refractivity contribution in [1.82, 2.24) is 4.90 Å². The fourth-order valence-corrected chi connectivity index (χ4v) is 3.36. The molecule has 1 atom stereocenters. The van der Waals surface area contributed by atoms with E-state index in [1.807, 2.05) is 12.1 Å². The van der Waals surface area contributed by atoms with Gasteiger partial charge in [0.2, 0.25) is 0 Å². The van der Waals surface area contributed by atoms with E-state index in [0.29, 0.717) is 12.6 Å². The minimum Gasteiger partial charge on any atom is -0.497 e. The Morgan fingerprint density at radius 2 is 1.90 bits per heavy atom. The van der Waals surface area contributed by atoms with Crippen molar-refractivity contribution in [3.63, 3.8) is 0 Å². The first kappa shape index (κ1) is 16.1. The van der Waals surface area contributed by atoms with E-state index >= 15 is 0 Å². The second-order valence-electron chi connectivity index (χ2n) is 5.82. The van der Waals surface area contributed by atoms with Gasteiger partial charge in [-0.3, -0.25) is 4.90 Å². The number of methoxy groups -OCH3 is 2. The van der Waals surface area contributed by atoms with E-state index in [9.17, 15) is 0 Å². The van der Waals surface area contributed by atoms with Crippen LogP contribution in [-0.2, 0) is 0 Å². The molecule has 0 amide bonds. The molecule has 2 N–H and O–H groups in total. The molecule has 118 valence electrons. The lowest BCUT2D eigenvalue weighted by Crippen LogP contribution is -2.39. The molecule has 21 heavy (non-hydrogen) atoms. The summed E-state index contributed by atoms with van der Waals surface area (Å²) >= 11 is 0. The van der Waals surface area contributed by atoms with Gasteiger partial charge in [0.15, 0.2) is 0 Å². The molecule has 1 aromatic carbocycles. The Bertz CT molecular complexity index is 444. The lowest BCUT2D eigenvalue weighted by atomic mass is 9.92. The maximum Gasteiger partial charge on any atom is 0.123 e. The summed E-state index contributed by atoms with van der Waals surface area (Å²) in [5.41, 5.74) is 7.21. The van der Waals surface area contributed by atoms with Gasteiger partial charge in [0.05, 0.1) is 20.3 Å². The van der Waals surface area contributed by atoms with Gasteiger partial charge in [-0.25, -0.2) is 0 Å². The highest BCUT2D eigenvalue weighted by Crippen LogP contribution is 2.34. The third-order valence-corrected chi connectivity index (χ3v) is 4.66. The zero-order valence-corrected chi connectivity index (χ0v) is 13.5. The molecule has 0 saturated heterocycles. The number of hydrogen-bond acceptors (Lipinski definition) is 4. The Balaban J connectivity index is 2.26. The molecular formula is C17H28N2O2. The molecule has 2 rings (SSSR count). The number of nitrogens with zero attached hydrogens (tertiary/aromatic N) is 1. The largest absolute Gasteiger partial charge is 0.497 e. The highest BCUT2D eigenvalue weighted by atomic mass is 16.5. The predicted molar refractivity (Wildman–Crippen MR) is 86.0 cm³/mol. The summed E-state index contributed by atoms with van der Waals surface area (Å²) in [6.45, 7) is 0.580. The molecule has 1 unspecified atom stereocenters. The summed E-state index contributed by atoms with van der Waals surface area (Å²) in [6, 6.07) is 6.72. The normalized spacial score (nSPS) is 17.8. The molecule has 1 fully saturated rings. The standard InChI is InChI=1S/C17H28N2O2/c1-19(13-7-5-4-6-8-13)16(12-18)15-11-14(20-2)9-10-17(15)21-3/h9-11,13,16H,4-8,12,18H2,1-3H3. The smallest absolute Gasteiger partial charge is 0.123 e. The van der Waals surface area contributed by atoms with Crippen molar-refractivity contribution in [3.8, 4) is 11.5 Å². The van der Waals surface area contributed by atoms with Crippen LogP contribution in [0.2, 0.25) is 0 Å². The van der Waals surface area contributed by atoms with E-state index in [1.165, 1.54) is 32.1 Å². The van der Waals surface area contributed by atoms with Gasteiger partial charge >= 0.3 is 0 Å². The summed E-state index contributed by atoms with van der Waals surface area (Å²) in [6.07, 6.45) is 6.53. The first-order valence-corrected chi connectivity index (χ1v) is 7.85. The van der Waals surface area contributed by atoms with Gasteiger partial charge in [-0.1, -0.05) is 19.3 Å². The molecule has 4 nitrogen and oxygen atoms in total. The lowest BCUT2D eigenvalue weighted by molar-refractivity contribution is 0.138. The zero-order valence-electron chi connectivity index (χ0n) is 13.5. The lowest BCUT2D eigenvalue weighted by Gasteiger charge is -2.37. The van der Waals surface area contributed by atoms with Crippen molar-refractivity contribution in [2.45, 2.75) is 44.2 Å². The molecule has 0 bridgehead atoms. The maximum atomic E-state index is 6.09. The number of benzene rings is 1. The average Bonchev–Trinajstić information content (AvgIpc) is 2.56. The maximum absolute atomic E-state index is 6.09. The van der Waals surface area contributed by atoms with Crippen molar-refractivity contribution in [2.75, 3.05) is 27.8 Å². The number of ether oxygens (including phenoxy) is 2. The Morgan fingerprint density at radius 3 is 2.48 bits per heavy atom. The van der Waals surface area contributed by atoms with Crippen molar-refractivity contribution in [2.24, 2.45) is 5.73 Å². The number of likely N-dealkylation sites (N-methyl/N-ethyl adjacent to an activating group) is 1. The number of hydrogen-bond donors (Lipinski definition) is 1. The minimum absolute atomic E-state index is 0.165. The van der Waals surface area contributed by atoms with Crippen LogP contribution in [0.4, 0.5) is 0 Å². The molecular weight excluding hydrogens is 264 g/mol. The molecule has 0 radical (unpaired) electrons. The topological polar surface area (TPSA) is 47.7 Å². The molecule has 4 heteroatoms. The van der Waals surface area contributed by atoms with Crippen molar-refractivity contribution in [3.05, 3.63) is 23.8 Å². The van der Waals surface area contributed by atoms with Gasteiger partial charge in [-0.2, -0.15) is 0 Å². The fourth-order valence-electron chi connectivity index (χ4n) is 3.36. The van der Waals surface area contributed by atoms with Gasteiger partial charge in [-0.15, -0.1) is 0 Å². The summed E-state index contributed by atoms with van der Waals surface area (Å²) in [5.74, 6) is 1.73. The van der Waals surface area contributed by atoms with E-state index in [2.05, 4.69) is 18.0 Å². The summed E-state index contributed by atoms with van der Waals surface area (Å²) < 4.78 is 10.9. The third kappa shape index (κ3) is 3.69. The van der Waals surface area contributed by atoms with Crippen LogP contribution in [0.25, 0.3) is 0 Å². The average molecular weight is 292 g/mol. The quantitative estimate of drug-likeness (QED) is 0.875. The number of nitrogens with two attached hydrogens (primary N) is 1. The molecule has 1 aliphatic rings. The van der Waals surface area contributed by atoms with E-state index < -0.39 is 0 Å². The van der Waals surface area contributed by atoms with Gasteiger partial charge < -0.3 is 15.2 Å². The zero-order chi connectivity index (χ0) is 15.2. The van der Waals surface area contributed by atoms with Crippen molar-refractivity contribution in [1.29, 1.82) is 0 Å². The van der Waals surface area contributed by atoms with Crippen LogP contribution in [0.1, 0.15) is 43.7 Å². The summed E-state index contributed by atoms with van der Waals surface area (Å²) in [4.78, 5) is 2.43. The molecule has 0 aromatic heterocycles. The van der Waals surface area contributed by atoms with Crippen molar-refractivity contribution < 1.29 is 9.47 Å². The predicted octanol–water partition coefficient (Wildman–Crippen LogP) is 2.97. The Kier molecular flexibility index (Phi) is 5.88. The highest BCUT2D eigenvalue weighted by Gasteiger charge is 2.27. The van der Waals surface area contributed by atoms with E-state index in [1.54, 1.807) is 14.2 Å². The fraction of sp³-hybridized carbons (Fsp3) is 0.647. The van der Waals surface area contributed by atoms with Gasteiger partial charge in [0.1, 0.15) is 11.5 Å². The second-order valence-corrected chi connectivity index (χ2v) is 5.82. The van der Waals surface area contributed by atoms with Crippen LogP contribution in [0.15, 0.2) is 18.2 Å². The molecule has 0 heterocycles.